The average Bonchev–Trinajstić information content (AvgIpc) is 2.71. The van der Waals surface area contributed by atoms with Crippen LogP contribution in [0.3, 0.4) is 0 Å². The molecule has 9 heteroatoms. The Morgan fingerprint density at radius 1 is 1.38 bits per heavy atom. The summed E-state index contributed by atoms with van der Waals surface area (Å²) in [6.45, 7) is 5.29. The van der Waals surface area contributed by atoms with Gasteiger partial charge in [0.05, 0.1) is 12.0 Å². The van der Waals surface area contributed by atoms with Crippen LogP contribution in [0.25, 0.3) is 0 Å². The number of anilines is 1. The maximum Gasteiger partial charge on any atom is 0.321 e. The van der Waals surface area contributed by atoms with E-state index in [1.165, 1.54) is 18.3 Å². The van der Waals surface area contributed by atoms with Crippen LogP contribution in [-0.2, 0) is 11.2 Å². The molecule has 118 valence electrons. The second kappa shape index (κ2) is 7.32. The molecular formula is C12H20N4O4S. The van der Waals surface area contributed by atoms with Gasteiger partial charge in [-0.3, -0.25) is 10.1 Å². The molecule has 1 rings (SSSR count). The topological polar surface area (TPSA) is 124 Å². The number of rotatable bonds is 7. The minimum atomic E-state index is -1.51. The number of hydrogen-bond acceptors (Lipinski definition) is 6. The van der Waals surface area contributed by atoms with Crippen LogP contribution in [-0.4, -0.2) is 44.6 Å². The van der Waals surface area contributed by atoms with E-state index in [4.69, 9.17) is 5.11 Å². The number of carbonyl (C=O) groups is 2. The van der Waals surface area contributed by atoms with Crippen LogP contribution in [0.5, 0.6) is 0 Å². The molecule has 0 aliphatic rings. The van der Waals surface area contributed by atoms with Crippen LogP contribution in [0.4, 0.5) is 9.93 Å². The number of hydrogen-bond donors (Lipinski definition) is 4. The molecule has 0 spiro atoms. The summed E-state index contributed by atoms with van der Waals surface area (Å²) in [6.07, 6.45) is 0.332. The van der Waals surface area contributed by atoms with Crippen molar-refractivity contribution in [1.29, 1.82) is 0 Å². The van der Waals surface area contributed by atoms with Crippen LogP contribution in [0.1, 0.15) is 32.2 Å². The summed E-state index contributed by atoms with van der Waals surface area (Å²) in [6, 6.07) is -0.562. The monoisotopic (exact) mass is 316 g/mol. The van der Waals surface area contributed by atoms with Gasteiger partial charge in [0, 0.05) is 13.0 Å². The largest absolute Gasteiger partial charge is 0.481 e. The Hall–Kier alpha value is -1.74. The summed E-state index contributed by atoms with van der Waals surface area (Å²) in [5.41, 5.74) is -1.51. The van der Waals surface area contributed by atoms with Crippen molar-refractivity contribution in [2.75, 3.05) is 11.9 Å². The highest BCUT2D eigenvalue weighted by Crippen LogP contribution is 2.18. The minimum absolute atomic E-state index is 0.178. The Morgan fingerprint density at radius 2 is 2.05 bits per heavy atom. The van der Waals surface area contributed by atoms with Crippen molar-refractivity contribution in [3.05, 3.63) is 5.01 Å². The van der Waals surface area contributed by atoms with Gasteiger partial charge in [-0.05, 0) is 12.8 Å². The van der Waals surface area contributed by atoms with Crippen LogP contribution in [0.15, 0.2) is 0 Å². The molecule has 0 aliphatic carbocycles. The van der Waals surface area contributed by atoms with Crippen molar-refractivity contribution < 1.29 is 19.8 Å². The third-order valence-corrected chi connectivity index (χ3v) is 3.29. The SMILES string of the molecule is CC(C)Cc1nnc(NC(=O)NCC(C)(O)CC(=O)O)s1. The van der Waals surface area contributed by atoms with Gasteiger partial charge in [-0.25, -0.2) is 4.79 Å². The highest BCUT2D eigenvalue weighted by Gasteiger charge is 2.25. The first-order valence-electron chi connectivity index (χ1n) is 6.49. The number of carboxylic acids is 1. The molecule has 0 radical (unpaired) electrons. The van der Waals surface area contributed by atoms with E-state index in [2.05, 4.69) is 34.7 Å². The van der Waals surface area contributed by atoms with Gasteiger partial charge in [-0.15, -0.1) is 10.2 Å². The molecule has 0 saturated heterocycles. The molecule has 1 heterocycles. The van der Waals surface area contributed by atoms with Crippen LogP contribution in [0, 0.1) is 5.92 Å². The molecule has 4 N–H and O–H groups in total. The molecule has 0 aliphatic heterocycles. The fraction of sp³-hybridized carbons (Fsp3) is 0.667. The maximum atomic E-state index is 11.6. The van der Waals surface area contributed by atoms with E-state index in [9.17, 15) is 14.7 Å². The summed E-state index contributed by atoms with van der Waals surface area (Å²) < 4.78 is 0. The number of aliphatic carboxylic acids is 1. The van der Waals surface area contributed by atoms with E-state index in [1.54, 1.807) is 0 Å². The zero-order valence-electron chi connectivity index (χ0n) is 12.2. The standard InChI is InChI=1S/C12H20N4O4S/c1-7(2)4-8-15-16-11(21-8)14-10(19)13-6-12(3,20)5-9(17)18/h7,20H,4-6H2,1-3H3,(H,17,18)(H2,13,14,16,19). The molecule has 0 saturated carbocycles. The summed E-state index contributed by atoms with van der Waals surface area (Å²) >= 11 is 1.28. The highest BCUT2D eigenvalue weighted by atomic mass is 32.1. The molecule has 1 aromatic rings. The van der Waals surface area contributed by atoms with E-state index in [-0.39, 0.29) is 6.54 Å². The lowest BCUT2D eigenvalue weighted by atomic mass is 10.0. The number of amides is 2. The molecule has 1 unspecified atom stereocenters. The number of aromatic nitrogens is 2. The highest BCUT2D eigenvalue weighted by molar-refractivity contribution is 7.15. The molecule has 0 bridgehead atoms. The lowest BCUT2D eigenvalue weighted by molar-refractivity contribution is -0.141. The molecule has 21 heavy (non-hydrogen) atoms. The minimum Gasteiger partial charge on any atom is -0.481 e. The summed E-state index contributed by atoms with van der Waals surface area (Å²) in [7, 11) is 0. The van der Waals surface area contributed by atoms with Crippen molar-refractivity contribution in [1.82, 2.24) is 15.5 Å². The van der Waals surface area contributed by atoms with Crippen molar-refractivity contribution >= 4 is 28.5 Å². The Bertz CT molecular complexity index is 501. The second-order valence-electron chi connectivity index (χ2n) is 5.47. The molecule has 2 amide bonds. The predicted octanol–water partition coefficient (Wildman–Crippen LogP) is 1.08. The van der Waals surface area contributed by atoms with E-state index in [0.29, 0.717) is 11.0 Å². The van der Waals surface area contributed by atoms with Crippen LogP contribution < -0.4 is 10.6 Å². The predicted molar refractivity (Wildman–Crippen MR) is 78.3 cm³/mol. The number of carboxylic acid groups (broad SMARTS) is 1. The molecule has 0 aromatic carbocycles. The molecule has 0 fully saturated rings. The molecular weight excluding hydrogens is 296 g/mol. The van der Waals surface area contributed by atoms with Gasteiger partial charge in [0.15, 0.2) is 0 Å². The zero-order chi connectivity index (χ0) is 16.0. The Labute approximate surface area is 126 Å². The second-order valence-corrected chi connectivity index (χ2v) is 6.54. The summed E-state index contributed by atoms with van der Waals surface area (Å²) in [4.78, 5) is 22.2. The third kappa shape index (κ3) is 7.00. The number of carbonyl (C=O) groups excluding carboxylic acids is 1. The van der Waals surface area contributed by atoms with Crippen molar-refractivity contribution in [2.45, 2.75) is 39.2 Å². The number of nitrogens with one attached hydrogen (secondary N) is 2. The van der Waals surface area contributed by atoms with Gasteiger partial charge in [0.1, 0.15) is 5.01 Å². The Balaban J connectivity index is 2.43. The lowest BCUT2D eigenvalue weighted by Crippen LogP contribution is -2.43. The van der Waals surface area contributed by atoms with E-state index in [0.717, 1.165) is 11.4 Å². The lowest BCUT2D eigenvalue weighted by Gasteiger charge is -2.21. The fourth-order valence-corrected chi connectivity index (χ4v) is 2.48. The first-order valence-corrected chi connectivity index (χ1v) is 7.31. The Kier molecular flexibility index (Phi) is 6.03. The zero-order valence-corrected chi connectivity index (χ0v) is 13.0. The fourth-order valence-electron chi connectivity index (χ4n) is 1.54. The maximum absolute atomic E-state index is 11.6. The normalized spacial score (nSPS) is 13.8. The van der Waals surface area contributed by atoms with E-state index in [1.807, 2.05) is 0 Å². The summed E-state index contributed by atoms with van der Waals surface area (Å²) in [5.74, 6) is -0.685. The average molecular weight is 316 g/mol. The molecule has 1 atom stereocenters. The van der Waals surface area contributed by atoms with Crippen molar-refractivity contribution in [3.8, 4) is 0 Å². The third-order valence-electron chi connectivity index (χ3n) is 2.43. The van der Waals surface area contributed by atoms with Gasteiger partial charge >= 0.3 is 12.0 Å². The smallest absolute Gasteiger partial charge is 0.321 e. The van der Waals surface area contributed by atoms with Crippen LogP contribution >= 0.6 is 11.3 Å². The number of nitrogens with zero attached hydrogens (tertiary/aromatic N) is 2. The van der Waals surface area contributed by atoms with Gasteiger partial charge in [0.25, 0.3) is 0 Å². The van der Waals surface area contributed by atoms with Gasteiger partial charge in [-0.2, -0.15) is 0 Å². The summed E-state index contributed by atoms with van der Waals surface area (Å²) in [5, 5.41) is 32.3. The first kappa shape index (κ1) is 17.3. The number of urea groups is 1. The van der Waals surface area contributed by atoms with E-state index < -0.39 is 24.0 Å². The Morgan fingerprint density at radius 3 is 2.62 bits per heavy atom. The van der Waals surface area contributed by atoms with Gasteiger partial charge in [-0.1, -0.05) is 25.2 Å². The molecule has 1 aromatic heterocycles. The first-order chi connectivity index (χ1) is 9.68. The quantitative estimate of drug-likeness (QED) is 0.596. The van der Waals surface area contributed by atoms with Crippen molar-refractivity contribution in [3.63, 3.8) is 0 Å². The van der Waals surface area contributed by atoms with Gasteiger partial charge in [0.2, 0.25) is 5.13 Å². The van der Waals surface area contributed by atoms with Crippen molar-refractivity contribution in [2.24, 2.45) is 5.92 Å². The van der Waals surface area contributed by atoms with Crippen LogP contribution in [0.2, 0.25) is 0 Å². The van der Waals surface area contributed by atoms with E-state index >= 15 is 0 Å². The van der Waals surface area contributed by atoms with Gasteiger partial charge < -0.3 is 15.5 Å². The number of aliphatic hydroxyl groups is 1. The molecule has 8 nitrogen and oxygen atoms in total.